The van der Waals surface area contributed by atoms with Crippen LogP contribution in [0.1, 0.15) is 13.3 Å². The molecule has 0 aromatic rings. The van der Waals surface area contributed by atoms with Crippen LogP contribution in [0.3, 0.4) is 0 Å². The number of allylic oxidation sites excluding steroid dienone is 1. The number of rotatable bonds is 0. The van der Waals surface area contributed by atoms with Gasteiger partial charge in [0.05, 0.1) is 5.38 Å². The van der Waals surface area contributed by atoms with Crippen molar-refractivity contribution in [1.29, 1.82) is 0 Å². The Kier molecular flexibility index (Phi) is 1.59. The van der Waals surface area contributed by atoms with Crippen LogP contribution in [0.15, 0.2) is 11.6 Å². The molecule has 1 rings (SSSR count). The Balaban J connectivity index is 2.56. The summed E-state index contributed by atoms with van der Waals surface area (Å²) in [5, 5.41) is 0.148. The van der Waals surface area contributed by atoms with Crippen molar-refractivity contribution in [3.63, 3.8) is 0 Å². The molecule has 1 aliphatic rings. The van der Waals surface area contributed by atoms with Crippen molar-refractivity contribution >= 4 is 11.6 Å². The molecular formula is C6H10ClN. The van der Waals surface area contributed by atoms with Crippen molar-refractivity contribution in [3.8, 4) is 0 Å². The van der Waals surface area contributed by atoms with E-state index in [1.54, 1.807) is 0 Å². The summed E-state index contributed by atoms with van der Waals surface area (Å²) in [6.45, 7) is 2.06. The van der Waals surface area contributed by atoms with Gasteiger partial charge in [0.2, 0.25) is 0 Å². The molecule has 1 aliphatic carbocycles. The Morgan fingerprint density at radius 3 is 2.62 bits per heavy atom. The Labute approximate surface area is 54.5 Å². The molecule has 0 bridgehead atoms. The van der Waals surface area contributed by atoms with Gasteiger partial charge in [0.1, 0.15) is 0 Å². The van der Waals surface area contributed by atoms with E-state index in [1.165, 1.54) is 5.57 Å². The molecule has 2 heteroatoms. The van der Waals surface area contributed by atoms with Crippen molar-refractivity contribution < 1.29 is 0 Å². The fraction of sp³-hybridized carbons (Fsp3) is 0.667. The Morgan fingerprint density at radius 2 is 2.50 bits per heavy atom. The number of nitrogens with two attached hydrogens (primary N) is 1. The summed E-state index contributed by atoms with van der Waals surface area (Å²) in [5.41, 5.74) is 6.88. The predicted octanol–water partition coefficient (Wildman–Crippen LogP) is 1.27. The first kappa shape index (κ1) is 6.12. The van der Waals surface area contributed by atoms with Crippen molar-refractivity contribution in [2.45, 2.75) is 24.8 Å². The van der Waals surface area contributed by atoms with Crippen LogP contribution < -0.4 is 5.73 Å². The highest BCUT2D eigenvalue weighted by atomic mass is 35.5. The monoisotopic (exact) mass is 131 g/mol. The molecule has 0 aromatic heterocycles. The van der Waals surface area contributed by atoms with Gasteiger partial charge in [-0.1, -0.05) is 11.6 Å². The van der Waals surface area contributed by atoms with Crippen molar-refractivity contribution in [3.05, 3.63) is 11.6 Å². The van der Waals surface area contributed by atoms with Gasteiger partial charge in [0.15, 0.2) is 0 Å². The Bertz CT molecular complexity index is 120. The molecule has 0 heterocycles. The van der Waals surface area contributed by atoms with E-state index in [1.807, 2.05) is 6.08 Å². The molecule has 0 saturated heterocycles. The molecule has 0 aliphatic heterocycles. The summed E-state index contributed by atoms with van der Waals surface area (Å²) in [6.07, 6.45) is 2.99. The van der Waals surface area contributed by atoms with Crippen LogP contribution >= 0.6 is 11.6 Å². The zero-order chi connectivity index (χ0) is 6.15. The summed E-state index contributed by atoms with van der Waals surface area (Å²) < 4.78 is 0. The molecule has 0 unspecified atom stereocenters. The third-order valence-corrected chi connectivity index (χ3v) is 1.86. The van der Waals surface area contributed by atoms with E-state index in [0.717, 1.165) is 6.42 Å². The third-order valence-electron chi connectivity index (χ3n) is 1.41. The average molecular weight is 132 g/mol. The topological polar surface area (TPSA) is 26.0 Å². The standard InChI is InChI=1S/C6H10ClN/c1-4-2-5(7)6(8)3-4/h3,5-6H,2,8H2,1H3/t5-,6-/m0/s1. The number of hydrogen-bond donors (Lipinski definition) is 1. The maximum Gasteiger partial charge on any atom is 0.0559 e. The highest BCUT2D eigenvalue weighted by Gasteiger charge is 2.18. The van der Waals surface area contributed by atoms with Crippen molar-refractivity contribution in [2.24, 2.45) is 5.73 Å². The lowest BCUT2D eigenvalue weighted by atomic mass is 10.2. The van der Waals surface area contributed by atoms with Crippen molar-refractivity contribution in [1.82, 2.24) is 0 Å². The first-order valence-electron chi connectivity index (χ1n) is 2.77. The van der Waals surface area contributed by atoms with E-state index in [2.05, 4.69) is 6.92 Å². The molecule has 2 atom stereocenters. The van der Waals surface area contributed by atoms with E-state index < -0.39 is 0 Å². The van der Waals surface area contributed by atoms with Crippen LogP contribution in [0, 0.1) is 0 Å². The molecule has 0 saturated carbocycles. The van der Waals surface area contributed by atoms with Crippen LogP contribution in [0.2, 0.25) is 0 Å². The van der Waals surface area contributed by atoms with E-state index in [0.29, 0.717) is 0 Å². The maximum absolute atomic E-state index is 5.78. The van der Waals surface area contributed by atoms with Crippen LogP contribution in [0.5, 0.6) is 0 Å². The van der Waals surface area contributed by atoms with Gasteiger partial charge in [0.25, 0.3) is 0 Å². The number of halogens is 1. The second-order valence-electron chi connectivity index (χ2n) is 2.31. The van der Waals surface area contributed by atoms with Crippen LogP contribution in [-0.4, -0.2) is 11.4 Å². The normalized spacial score (nSPS) is 37.6. The second-order valence-corrected chi connectivity index (χ2v) is 2.87. The molecule has 46 valence electrons. The minimum Gasteiger partial charge on any atom is -0.323 e. The van der Waals surface area contributed by atoms with Gasteiger partial charge in [-0.25, -0.2) is 0 Å². The first-order valence-corrected chi connectivity index (χ1v) is 3.21. The predicted molar refractivity (Wildman–Crippen MR) is 36.0 cm³/mol. The fourth-order valence-electron chi connectivity index (χ4n) is 0.945. The van der Waals surface area contributed by atoms with Gasteiger partial charge >= 0.3 is 0 Å². The highest BCUT2D eigenvalue weighted by Crippen LogP contribution is 2.21. The minimum absolute atomic E-state index is 0.0941. The van der Waals surface area contributed by atoms with E-state index in [-0.39, 0.29) is 11.4 Å². The molecular weight excluding hydrogens is 122 g/mol. The Hall–Kier alpha value is -0.0100. The smallest absolute Gasteiger partial charge is 0.0559 e. The summed E-state index contributed by atoms with van der Waals surface area (Å²) in [7, 11) is 0. The van der Waals surface area contributed by atoms with Gasteiger partial charge < -0.3 is 5.73 Å². The Morgan fingerprint density at radius 1 is 1.88 bits per heavy atom. The minimum atomic E-state index is 0.0941. The van der Waals surface area contributed by atoms with E-state index in [9.17, 15) is 0 Å². The summed E-state index contributed by atoms with van der Waals surface area (Å²) in [5.74, 6) is 0. The molecule has 8 heavy (non-hydrogen) atoms. The lowest BCUT2D eigenvalue weighted by molar-refractivity contribution is 0.783. The molecule has 0 spiro atoms. The van der Waals surface area contributed by atoms with Crippen LogP contribution in [-0.2, 0) is 0 Å². The van der Waals surface area contributed by atoms with Gasteiger partial charge in [-0.3, -0.25) is 0 Å². The molecule has 2 N–H and O–H groups in total. The SMILES string of the molecule is CC1=C[C@H](N)[C@@H](Cl)C1. The van der Waals surface area contributed by atoms with Gasteiger partial charge in [-0.05, 0) is 13.3 Å². The van der Waals surface area contributed by atoms with Gasteiger partial charge in [-0.15, -0.1) is 11.6 Å². The maximum atomic E-state index is 5.78. The van der Waals surface area contributed by atoms with E-state index >= 15 is 0 Å². The molecule has 0 amide bonds. The summed E-state index contributed by atoms with van der Waals surface area (Å²) >= 11 is 5.78. The fourth-order valence-corrected chi connectivity index (χ4v) is 1.26. The summed E-state index contributed by atoms with van der Waals surface area (Å²) in [4.78, 5) is 0. The van der Waals surface area contributed by atoms with Gasteiger partial charge in [0, 0.05) is 6.04 Å². The zero-order valence-electron chi connectivity index (χ0n) is 4.89. The largest absolute Gasteiger partial charge is 0.323 e. The van der Waals surface area contributed by atoms with Crippen LogP contribution in [0.4, 0.5) is 0 Å². The van der Waals surface area contributed by atoms with Gasteiger partial charge in [-0.2, -0.15) is 0 Å². The third kappa shape index (κ3) is 1.04. The molecule has 0 aromatic carbocycles. The van der Waals surface area contributed by atoms with Crippen molar-refractivity contribution in [2.75, 3.05) is 0 Å². The van der Waals surface area contributed by atoms with E-state index in [4.69, 9.17) is 17.3 Å². The highest BCUT2D eigenvalue weighted by molar-refractivity contribution is 6.21. The lowest BCUT2D eigenvalue weighted by Gasteiger charge is -2.03. The molecule has 1 nitrogen and oxygen atoms in total. The quantitative estimate of drug-likeness (QED) is 0.389. The first-order chi connectivity index (χ1) is 3.70. The molecule has 0 radical (unpaired) electrons. The molecule has 0 fully saturated rings. The number of hydrogen-bond acceptors (Lipinski definition) is 1. The zero-order valence-corrected chi connectivity index (χ0v) is 5.65. The average Bonchev–Trinajstić information content (AvgIpc) is 1.85. The summed E-state index contributed by atoms with van der Waals surface area (Å²) in [6, 6.07) is 0.0941. The number of alkyl halides is 1. The lowest BCUT2D eigenvalue weighted by Crippen LogP contribution is -2.23. The second kappa shape index (κ2) is 2.08. The van der Waals surface area contributed by atoms with Crippen LogP contribution in [0.25, 0.3) is 0 Å².